The molecule has 1 saturated heterocycles. The third kappa shape index (κ3) is 5.63. The summed E-state index contributed by atoms with van der Waals surface area (Å²) in [5.41, 5.74) is 3.06. The van der Waals surface area contributed by atoms with Gasteiger partial charge < -0.3 is 10.2 Å². The van der Waals surface area contributed by atoms with E-state index in [1.165, 1.54) is 34.7 Å². The number of hydrogen-bond donors (Lipinski definition) is 2. The van der Waals surface area contributed by atoms with Crippen LogP contribution in [-0.4, -0.2) is 37.9 Å². The van der Waals surface area contributed by atoms with Gasteiger partial charge in [-0.25, -0.2) is 22.2 Å². The molecule has 176 valence electrons. The predicted molar refractivity (Wildman–Crippen MR) is 128 cm³/mol. The van der Waals surface area contributed by atoms with Crippen molar-refractivity contribution in [2.45, 2.75) is 30.7 Å². The SMILES string of the molecule is C[C@H](Nc1cc(F)c(S(=O)(=O)Nc2cscn2)cc1Cl)c1cc(CCN2CCC2)ccc1F. The zero-order valence-electron chi connectivity index (χ0n) is 17.8. The molecule has 0 amide bonds. The predicted octanol–water partition coefficient (Wildman–Crippen LogP) is 5.30. The maximum absolute atomic E-state index is 14.8. The molecule has 3 aromatic rings. The summed E-state index contributed by atoms with van der Waals surface area (Å²) < 4.78 is 56.5. The van der Waals surface area contributed by atoms with Gasteiger partial charge in [0.2, 0.25) is 0 Å². The number of rotatable bonds is 9. The van der Waals surface area contributed by atoms with Gasteiger partial charge in [0.15, 0.2) is 5.82 Å². The van der Waals surface area contributed by atoms with E-state index in [1.807, 2.05) is 0 Å². The second kappa shape index (κ2) is 9.92. The van der Waals surface area contributed by atoms with E-state index < -0.39 is 26.8 Å². The number of halogens is 3. The Labute approximate surface area is 200 Å². The van der Waals surface area contributed by atoms with E-state index in [2.05, 4.69) is 19.9 Å². The van der Waals surface area contributed by atoms with E-state index >= 15 is 0 Å². The molecule has 1 aliphatic heterocycles. The monoisotopic (exact) mass is 512 g/mol. The maximum Gasteiger partial charge on any atom is 0.266 e. The van der Waals surface area contributed by atoms with Crippen molar-refractivity contribution in [2.24, 2.45) is 0 Å². The van der Waals surface area contributed by atoms with Crippen molar-refractivity contribution in [3.05, 3.63) is 69.0 Å². The summed E-state index contributed by atoms with van der Waals surface area (Å²) in [6.45, 7) is 4.86. The van der Waals surface area contributed by atoms with Crippen LogP contribution in [-0.2, 0) is 16.4 Å². The van der Waals surface area contributed by atoms with Crippen LogP contribution in [0, 0.1) is 11.6 Å². The molecule has 4 rings (SSSR count). The summed E-state index contributed by atoms with van der Waals surface area (Å²) in [5, 5.41) is 4.48. The van der Waals surface area contributed by atoms with Crippen molar-refractivity contribution >= 4 is 44.5 Å². The highest BCUT2D eigenvalue weighted by atomic mass is 35.5. The molecule has 0 spiro atoms. The summed E-state index contributed by atoms with van der Waals surface area (Å²) in [6, 6.07) is 6.50. The van der Waals surface area contributed by atoms with Gasteiger partial charge in [0.05, 0.1) is 22.3 Å². The molecule has 1 atom stereocenters. The Morgan fingerprint density at radius 3 is 2.67 bits per heavy atom. The molecule has 0 radical (unpaired) electrons. The van der Waals surface area contributed by atoms with Gasteiger partial charge in [-0.05, 0) is 56.6 Å². The molecule has 0 saturated carbocycles. The number of anilines is 2. The molecule has 2 N–H and O–H groups in total. The number of benzene rings is 2. The third-order valence-electron chi connectivity index (χ3n) is 5.55. The minimum absolute atomic E-state index is 0.00347. The summed E-state index contributed by atoms with van der Waals surface area (Å²) in [5.74, 6) is -1.28. The van der Waals surface area contributed by atoms with Gasteiger partial charge in [-0.15, -0.1) is 11.3 Å². The third-order valence-corrected chi connectivity index (χ3v) is 7.82. The molecule has 1 fully saturated rings. The molecule has 33 heavy (non-hydrogen) atoms. The van der Waals surface area contributed by atoms with Crippen molar-refractivity contribution in [1.82, 2.24) is 9.88 Å². The summed E-state index contributed by atoms with van der Waals surface area (Å²) in [6.07, 6.45) is 2.03. The second-order valence-electron chi connectivity index (χ2n) is 7.91. The number of likely N-dealkylation sites (tertiary alicyclic amines) is 1. The Bertz CT molecular complexity index is 1240. The quantitative estimate of drug-likeness (QED) is 0.407. The van der Waals surface area contributed by atoms with Gasteiger partial charge in [-0.3, -0.25) is 4.72 Å². The number of hydrogen-bond acceptors (Lipinski definition) is 6. The molecule has 0 aliphatic carbocycles. The Morgan fingerprint density at radius 1 is 1.21 bits per heavy atom. The lowest BCUT2D eigenvalue weighted by atomic mass is 10.0. The molecule has 1 aliphatic rings. The van der Waals surface area contributed by atoms with Crippen molar-refractivity contribution in [3.8, 4) is 0 Å². The summed E-state index contributed by atoms with van der Waals surface area (Å²) in [4.78, 5) is 5.58. The van der Waals surface area contributed by atoms with E-state index in [0.717, 1.165) is 43.8 Å². The summed E-state index contributed by atoms with van der Waals surface area (Å²) in [7, 11) is -4.21. The Morgan fingerprint density at radius 2 is 2.00 bits per heavy atom. The van der Waals surface area contributed by atoms with Crippen LogP contribution in [0.4, 0.5) is 20.3 Å². The van der Waals surface area contributed by atoms with Gasteiger partial charge in [-0.2, -0.15) is 0 Å². The summed E-state index contributed by atoms with van der Waals surface area (Å²) >= 11 is 7.46. The van der Waals surface area contributed by atoms with E-state index in [1.54, 1.807) is 19.1 Å². The van der Waals surface area contributed by atoms with Crippen LogP contribution in [0.25, 0.3) is 0 Å². The topological polar surface area (TPSA) is 74.3 Å². The van der Waals surface area contributed by atoms with Crippen LogP contribution < -0.4 is 10.0 Å². The lowest BCUT2D eigenvalue weighted by Crippen LogP contribution is -2.38. The van der Waals surface area contributed by atoms with Crippen LogP contribution in [0.1, 0.15) is 30.5 Å². The van der Waals surface area contributed by atoms with Crippen LogP contribution in [0.15, 0.2) is 46.1 Å². The van der Waals surface area contributed by atoms with Crippen molar-refractivity contribution < 1.29 is 17.2 Å². The fraction of sp³-hybridized carbons (Fsp3) is 0.318. The van der Waals surface area contributed by atoms with Gasteiger partial charge in [0, 0.05) is 17.5 Å². The normalized spacial score (nSPS) is 15.2. The van der Waals surface area contributed by atoms with Crippen LogP contribution in [0.5, 0.6) is 0 Å². The zero-order valence-corrected chi connectivity index (χ0v) is 20.2. The Balaban J connectivity index is 1.51. The van der Waals surface area contributed by atoms with Crippen LogP contribution >= 0.6 is 22.9 Å². The van der Waals surface area contributed by atoms with Crippen LogP contribution in [0.3, 0.4) is 0 Å². The molecule has 11 heteroatoms. The first kappa shape index (κ1) is 23.9. The molecule has 0 bridgehead atoms. The number of aromatic nitrogens is 1. The largest absolute Gasteiger partial charge is 0.377 e. The fourth-order valence-electron chi connectivity index (χ4n) is 3.58. The number of nitrogens with zero attached hydrogens (tertiary/aromatic N) is 2. The molecule has 0 unspecified atom stereocenters. The van der Waals surface area contributed by atoms with E-state index in [-0.39, 0.29) is 22.3 Å². The van der Waals surface area contributed by atoms with Crippen molar-refractivity contribution in [3.63, 3.8) is 0 Å². The van der Waals surface area contributed by atoms with Crippen LogP contribution in [0.2, 0.25) is 5.02 Å². The average molecular weight is 513 g/mol. The minimum Gasteiger partial charge on any atom is -0.377 e. The number of sulfonamides is 1. The van der Waals surface area contributed by atoms with E-state index in [9.17, 15) is 17.2 Å². The van der Waals surface area contributed by atoms with E-state index in [0.29, 0.717) is 5.56 Å². The molecule has 2 heterocycles. The average Bonchev–Trinajstić information content (AvgIpc) is 3.22. The molecule has 6 nitrogen and oxygen atoms in total. The van der Waals surface area contributed by atoms with Gasteiger partial charge in [0.1, 0.15) is 16.5 Å². The number of nitrogens with one attached hydrogen (secondary N) is 2. The van der Waals surface area contributed by atoms with Crippen molar-refractivity contribution in [1.29, 1.82) is 0 Å². The molecular formula is C22H23ClF2N4O2S2. The molecule has 2 aromatic carbocycles. The standard InChI is InChI=1S/C22H23ClF2N4O2S2/c1-14(16-9-15(3-4-18(16)24)5-8-29-6-2-7-29)27-20-11-19(25)21(10-17(20)23)33(30,31)28-22-12-32-13-26-22/h3-4,9-14,27-28H,2,5-8H2,1H3/t14-/m0/s1. The van der Waals surface area contributed by atoms with Crippen molar-refractivity contribution in [2.75, 3.05) is 29.7 Å². The first-order chi connectivity index (χ1) is 15.7. The molecular weight excluding hydrogens is 490 g/mol. The fourth-order valence-corrected chi connectivity index (χ4v) is 5.51. The zero-order chi connectivity index (χ0) is 23.6. The van der Waals surface area contributed by atoms with Gasteiger partial charge in [-0.1, -0.05) is 23.7 Å². The minimum atomic E-state index is -4.21. The van der Waals surface area contributed by atoms with E-state index in [4.69, 9.17) is 11.6 Å². The maximum atomic E-state index is 14.8. The van der Waals surface area contributed by atoms with Gasteiger partial charge >= 0.3 is 0 Å². The second-order valence-corrected chi connectivity index (χ2v) is 10.7. The Kier molecular flexibility index (Phi) is 7.18. The molecule has 1 aromatic heterocycles. The highest BCUT2D eigenvalue weighted by Crippen LogP contribution is 2.32. The van der Waals surface area contributed by atoms with Gasteiger partial charge in [0.25, 0.3) is 10.0 Å². The highest BCUT2D eigenvalue weighted by Gasteiger charge is 2.23. The smallest absolute Gasteiger partial charge is 0.266 e. The lowest BCUT2D eigenvalue weighted by Gasteiger charge is -2.30. The lowest BCUT2D eigenvalue weighted by molar-refractivity contribution is 0.184. The highest BCUT2D eigenvalue weighted by molar-refractivity contribution is 7.92. The Hall–Kier alpha value is -2.27. The first-order valence-electron chi connectivity index (χ1n) is 10.4. The number of thiazole rings is 1. The first-order valence-corrected chi connectivity index (χ1v) is 13.2.